The zero-order valence-corrected chi connectivity index (χ0v) is 10.2. The molecular weight excluding hydrogens is 190 g/mol. The lowest BCUT2D eigenvalue weighted by atomic mass is 9.98. The first-order chi connectivity index (χ1) is 6.76. The van der Waals surface area contributed by atoms with Crippen LogP contribution in [0.25, 0.3) is 0 Å². The first-order valence-corrected chi connectivity index (χ1v) is 6.49. The van der Waals surface area contributed by atoms with E-state index in [2.05, 4.69) is 42.9 Å². The van der Waals surface area contributed by atoms with Crippen molar-refractivity contribution in [3.63, 3.8) is 0 Å². The van der Waals surface area contributed by atoms with Crippen molar-refractivity contribution in [1.29, 1.82) is 0 Å². The fourth-order valence-electron chi connectivity index (χ4n) is 1.56. The molecule has 0 aliphatic carbocycles. The first-order valence-electron chi connectivity index (χ1n) is 5.55. The number of nitrogens with one attached hydrogen (secondary N) is 1. The smallest absolute Gasteiger partial charge is 0.0450 e. The van der Waals surface area contributed by atoms with E-state index in [1.54, 1.807) is 11.3 Å². The van der Waals surface area contributed by atoms with Gasteiger partial charge in [0.05, 0.1) is 0 Å². The van der Waals surface area contributed by atoms with Crippen LogP contribution < -0.4 is 5.32 Å². The molecule has 0 aliphatic rings. The van der Waals surface area contributed by atoms with Gasteiger partial charge < -0.3 is 5.32 Å². The van der Waals surface area contributed by atoms with Crippen molar-refractivity contribution in [2.24, 2.45) is 5.92 Å². The maximum Gasteiger partial charge on any atom is 0.0450 e. The van der Waals surface area contributed by atoms with Gasteiger partial charge in [-0.05, 0) is 30.2 Å². The Morgan fingerprint density at radius 1 is 1.36 bits per heavy atom. The maximum absolute atomic E-state index is 3.58. The molecule has 1 heterocycles. The minimum Gasteiger partial charge on any atom is -0.382 e. The second-order valence-electron chi connectivity index (χ2n) is 4.01. The van der Waals surface area contributed by atoms with Crippen LogP contribution in [0.3, 0.4) is 0 Å². The molecule has 0 aromatic carbocycles. The summed E-state index contributed by atoms with van der Waals surface area (Å²) in [7, 11) is 0. The highest BCUT2D eigenvalue weighted by molar-refractivity contribution is 7.08. The molecule has 0 radical (unpaired) electrons. The van der Waals surface area contributed by atoms with Crippen LogP contribution in [0.5, 0.6) is 0 Å². The predicted molar refractivity (Wildman–Crippen MR) is 66.1 cm³/mol. The lowest BCUT2D eigenvalue weighted by Crippen LogP contribution is -2.20. The van der Waals surface area contributed by atoms with E-state index < -0.39 is 0 Å². The standard InChI is InChI=1S/C12H21NS/c1-4-10(3)8-11(5-2)13-12-6-7-14-9-12/h6-7,9-11,13H,4-5,8H2,1-3H3. The van der Waals surface area contributed by atoms with Crippen LogP contribution in [-0.2, 0) is 0 Å². The van der Waals surface area contributed by atoms with Gasteiger partial charge in [0.15, 0.2) is 0 Å². The van der Waals surface area contributed by atoms with Crippen molar-refractivity contribution in [1.82, 2.24) is 0 Å². The summed E-state index contributed by atoms with van der Waals surface area (Å²) in [6.45, 7) is 6.85. The Kier molecular flexibility index (Phi) is 5.02. The molecule has 0 saturated carbocycles. The molecule has 0 spiro atoms. The summed E-state index contributed by atoms with van der Waals surface area (Å²) in [4.78, 5) is 0. The minimum absolute atomic E-state index is 0.638. The molecule has 0 amide bonds. The first kappa shape index (κ1) is 11.6. The van der Waals surface area contributed by atoms with E-state index >= 15 is 0 Å². The normalized spacial score (nSPS) is 15.1. The monoisotopic (exact) mass is 211 g/mol. The van der Waals surface area contributed by atoms with Crippen LogP contribution >= 0.6 is 11.3 Å². The number of thiophene rings is 1. The van der Waals surface area contributed by atoms with Crippen molar-refractivity contribution in [3.8, 4) is 0 Å². The van der Waals surface area contributed by atoms with Gasteiger partial charge in [-0.1, -0.05) is 27.2 Å². The number of hydrogen-bond acceptors (Lipinski definition) is 2. The maximum atomic E-state index is 3.58. The van der Waals surface area contributed by atoms with E-state index in [9.17, 15) is 0 Å². The fourth-order valence-corrected chi connectivity index (χ4v) is 2.16. The fraction of sp³-hybridized carbons (Fsp3) is 0.667. The Morgan fingerprint density at radius 3 is 2.64 bits per heavy atom. The summed E-state index contributed by atoms with van der Waals surface area (Å²) in [6, 6.07) is 2.80. The van der Waals surface area contributed by atoms with Crippen LogP contribution in [0.2, 0.25) is 0 Å². The van der Waals surface area contributed by atoms with Gasteiger partial charge >= 0.3 is 0 Å². The molecule has 0 fully saturated rings. The Hall–Kier alpha value is -0.500. The lowest BCUT2D eigenvalue weighted by molar-refractivity contribution is 0.462. The number of rotatable bonds is 6. The Bertz CT molecular complexity index is 230. The number of anilines is 1. The largest absolute Gasteiger partial charge is 0.382 e. The summed E-state index contributed by atoms with van der Waals surface area (Å²) in [5.74, 6) is 0.825. The molecule has 2 unspecified atom stereocenters. The predicted octanol–water partition coefficient (Wildman–Crippen LogP) is 4.37. The zero-order chi connectivity index (χ0) is 10.4. The zero-order valence-electron chi connectivity index (χ0n) is 9.42. The third-order valence-corrected chi connectivity index (χ3v) is 3.45. The molecule has 1 nitrogen and oxygen atoms in total. The Balaban J connectivity index is 2.39. The van der Waals surface area contributed by atoms with Gasteiger partial charge in [-0.3, -0.25) is 0 Å². The lowest BCUT2D eigenvalue weighted by Gasteiger charge is -2.20. The van der Waals surface area contributed by atoms with Gasteiger partial charge in [0, 0.05) is 17.1 Å². The molecule has 2 heteroatoms. The minimum atomic E-state index is 0.638. The molecule has 1 N–H and O–H groups in total. The van der Waals surface area contributed by atoms with E-state index in [1.165, 1.54) is 24.9 Å². The quantitative estimate of drug-likeness (QED) is 0.736. The molecule has 0 bridgehead atoms. The topological polar surface area (TPSA) is 12.0 Å². The van der Waals surface area contributed by atoms with Gasteiger partial charge in [-0.15, -0.1) is 0 Å². The van der Waals surface area contributed by atoms with Crippen molar-refractivity contribution < 1.29 is 0 Å². The third kappa shape index (κ3) is 3.70. The van der Waals surface area contributed by atoms with Crippen molar-refractivity contribution in [2.75, 3.05) is 5.32 Å². The van der Waals surface area contributed by atoms with E-state index in [-0.39, 0.29) is 0 Å². The number of hydrogen-bond donors (Lipinski definition) is 1. The van der Waals surface area contributed by atoms with Crippen LogP contribution in [0, 0.1) is 5.92 Å². The summed E-state index contributed by atoms with van der Waals surface area (Å²) in [5.41, 5.74) is 1.28. The van der Waals surface area contributed by atoms with Crippen molar-refractivity contribution in [2.45, 2.75) is 46.1 Å². The summed E-state index contributed by atoms with van der Waals surface area (Å²) < 4.78 is 0. The van der Waals surface area contributed by atoms with Crippen molar-refractivity contribution >= 4 is 17.0 Å². The highest BCUT2D eigenvalue weighted by atomic mass is 32.1. The second kappa shape index (κ2) is 6.07. The van der Waals surface area contributed by atoms with Gasteiger partial charge in [0.25, 0.3) is 0 Å². The van der Waals surface area contributed by atoms with Crippen molar-refractivity contribution in [3.05, 3.63) is 16.8 Å². The van der Waals surface area contributed by atoms with Gasteiger partial charge in [0.1, 0.15) is 0 Å². The highest BCUT2D eigenvalue weighted by Gasteiger charge is 2.09. The van der Waals surface area contributed by atoms with Gasteiger partial charge in [-0.25, -0.2) is 0 Å². The van der Waals surface area contributed by atoms with Crippen LogP contribution in [0.4, 0.5) is 5.69 Å². The highest BCUT2D eigenvalue weighted by Crippen LogP contribution is 2.19. The Labute approximate surface area is 91.5 Å². The molecule has 2 atom stereocenters. The molecular formula is C12H21NS. The molecule has 14 heavy (non-hydrogen) atoms. The van der Waals surface area contributed by atoms with Gasteiger partial charge in [-0.2, -0.15) is 11.3 Å². The summed E-state index contributed by atoms with van der Waals surface area (Å²) in [5, 5.41) is 7.89. The second-order valence-corrected chi connectivity index (χ2v) is 4.79. The molecule has 0 saturated heterocycles. The summed E-state index contributed by atoms with van der Waals surface area (Å²) >= 11 is 1.75. The van der Waals surface area contributed by atoms with Crippen LogP contribution in [0.1, 0.15) is 40.0 Å². The SMILES string of the molecule is CCC(C)CC(CC)Nc1ccsc1. The van der Waals surface area contributed by atoms with Crippen LogP contribution in [0.15, 0.2) is 16.8 Å². The molecule has 80 valence electrons. The molecule has 1 aromatic rings. The molecule has 1 aromatic heterocycles. The Morgan fingerprint density at radius 2 is 2.14 bits per heavy atom. The molecule has 0 aliphatic heterocycles. The summed E-state index contributed by atoms with van der Waals surface area (Å²) in [6.07, 6.45) is 3.77. The average Bonchev–Trinajstić information content (AvgIpc) is 2.69. The van der Waals surface area contributed by atoms with E-state index in [0.717, 1.165) is 5.92 Å². The van der Waals surface area contributed by atoms with Crippen LogP contribution in [-0.4, -0.2) is 6.04 Å². The van der Waals surface area contributed by atoms with Gasteiger partial charge in [0.2, 0.25) is 0 Å². The van der Waals surface area contributed by atoms with E-state index in [0.29, 0.717) is 6.04 Å². The average molecular weight is 211 g/mol. The van der Waals surface area contributed by atoms with E-state index in [4.69, 9.17) is 0 Å². The third-order valence-electron chi connectivity index (χ3n) is 2.77. The molecule has 1 rings (SSSR count). The van der Waals surface area contributed by atoms with E-state index in [1.807, 2.05) is 0 Å².